The summed E-state index contributed by atoms with van der Waals surface area (Å²) in [5, 5.41) is 0. The molecule has 0 unspecified atom stereocenters. The first-order valence-electron chi connectivity index (χ1n) is 13.0. The van der Waals surface area contributed by atoms with E-state index >= 15 is 4.39 Å². The van der Waals surface area contributed by atoms with Crippen molar-refractivity contribution in [3.05, 3.63) is 110 Å². The van der Waals surface area contributed by atoms with E-state index in [4.69, 9.17) is 0 Å². The average Bonchev–Trinajstić information content (AvgIpc) is 2.96. The van der Waals surface area contributed by atoms with Gasteiger partial charge in [0.05, 0.1) is 0 Å². The minimum absolute atomic E-state index is 0.0859. The number of hydrogen-bond acceptors (Lipinski definition) is 1. The van der Waals surface area contributed by atoms with Crippen molar-refractivity contribution in [3.63, 3.8) is 0 Å². The summed E-state index contributed by atoms with van der Waals surface area (Å²) in [6.07, 6.45) is 0. The van der Waals surface area contributed by atoms with Crippen LogP contribution in [0.15, 0.2) is 87.8 Å². The van der Waals surface area contributed by atoms with Crippen molar-refractivity contribution < 1.29 is 4.39 Å². The number of nitrogens with zero attached hydrogens (tertiary/aromatic N) is 1. The Kier molecular flexibility index (Phi) is 6.68. The van der Waals surface area contributed by atoms with Crippen LogP contribution >= 0.6 is 31.9 Å². The summed E-state index contributed by atoms with van der Waals surface area (Å²) in [7, 11) is 0. The summed E-state index contributed by atoms with van der Waals surface area (Å²) in [4.78, 5) is 2.26. The molecule has 0 spiro atoms. The lowest BCUT2D eigenvalue weighted by atomic mass is 9.59. The van der Waals surface area contributed by atoms with Crippen molar-refractivity contribution in [2.24, 2.45) is 5.41 Å². The van der Waals surface area contributed by atoms with E-state index in [0.29, 0.717) is 0 Å². The van der Waals surface area contributed by atoms with Gasteiger partial charge in [0.2, 0.25) is 0 Å². The zero-order valence-corrected chi connectivity index (χ0v) is 26.3. The van der Waals surface area contributed by atoms with E-state index in [1.807, 2.05) is 0 Å². The van der Waals surface area contributed by atoms with Crippen molar-refractivity contribution in [2.75, 3.05) is 4.90 Å². The highest BCUT2D eigenvalue weighted by Gasteiger charge is 2.58. The molecule has 4 aromatic carbocycles. The minimum Gasteiger partial charge on any atom is -0.310 e. The van der Waals surface area contributed by atoms with Crippen molar-refractivity contribution in [1.29, 1.82) is 0 Å². The third kappa shape index (κ3) is 4.16. The molecule has 0 amide bonds. The van der Waals surface area contributed by atoms with Gasteiger partial charge in [-0.25, -0.2) is 4.39 Å². The second kappa shape index (κ2) is 9.34. The van der Waals surface area contributed by atoms with Gasteiger partial charge in [0.25, 0.3) is 0 Å². The Bertz CT molecular complexity index is 1470. The largest absolute Gasteiger partial charge is 0.310 e. The molecule has 1 aliphatic carbocycles. The van der Waals surface area contributed by atoms with Crippen molar-refractivity contribution >= 4 is 48.9 Å². The first-order chi connectivity index (χ1) is 17.8. The summed E-state index contributed by atoms with van der Waals surface area (Å²) in [6.45, 7) is 15.5. The molecule has 0 atom stereocenters. The van der Waals surface area contributed by atoms with Crippen LogP contribution in [0.3, 0.4) is 0 Å². The lowest BCUT2D eigenvalue weighted by molar-refractivity contribution is 0.123. The van der Waals surface area contributed by atoms with Crippen molar-refractivity contribution in [1.82, 2.24) is 0 Å². The summed E-state index contributed by atoms with van der Waals surface area (Å²) in [5.41, 5.74) is 7.78. The highest BCUT2D eigenvalue weighted by molar-refractivity contribution is 9.10. The van der Waals surface area contributed by atoms with Gasteiger partial charge in [-0.05, 0) is 118 Å². The van der Waals surface area contributed by atoms with Crippen LogP contribution in [0, 0.1) is 18.2 Å². The molecular formula is C34H34Br2FN. The smallest absolute Gasteiger partial charge is 0.127 e. The number of aryl methyl sites for hydroxylation is 1. The molecule has 196 valence electrons. The number of rotatable bonds is 4. The predicted molar refractivity (Wildman–Crippen MR) is 166 cm³/mol. The molecular weight excluding hydrogens is 601 g/mol. The van der Waals surface area contributed by atoms with Crippen LogP contribution in [0.5, 0.6) is 0 Å². The molecule has 0 N–H and O–H groups in total. The Balaban J connectivity index is 1.62. The van der Waals surface area contributed by atoms with Crippen LogP contribution in [0.25, 0.3) is 11.1 Å². The topological polar surface area (TPSA) is 3.24 Å². The molecule has 0 saturated carbocycles. The van der Waals surface area contributed by atoms with Gasteiger partial charge in [-0.2, -0.15) is 0 Å². The number of fused-ring (bicyclic) bond motifs is 1. The van der Waals surface area contributed by atoms with E-state index in [9.17, 15) is 0 Å². The molecule has 5 rings (SSSR count). The third-order valence-corrected chi connectivity index (χ3v) is 10.5. The van der Waals surface area contributed by atoms with Crippen LogP contribution < -0.4 is 4.90 Å². The SMILES string of the molecule is Cc1cc(-c2cc(F)c3c(c2)C(C)(C)C(C)(C)C3(C)C)ccc1N(c1ccc(Br)cc1)c1ccc(Br)cc1. The first kappa shape index (κ1) is 27.1. The monoisotopic (exact) mass is 633 g/mol. The number of anilines is 3. The molecule has 0 aromatic heterocycles. The van der Waals surface area contributed by atoms with E-state index in [2.05, 4.69) is 158 Å². The van der Waals surface area contributed by atoms with E-state index in [1.165, 1.54) is 0 Å². The molecule has 0 heterocycles. The molecule has 4 aromatic rings. The molecule has 0 fully saturated rings. The fourth-order valence-corrected chi connectivity index (χ4v) is 6.55. The molecule has 0 aliphatic heterocycles. The van der Waals surface area contributed by atoms with Crippen LogP contribution in [-0.2, 0) is 10.8 Å². The van der Waals surface area contributed by atoms with Crippen molar-refractivity contribution in [3.8, 4) is 11.1 Å². The van der Waals surface area contributed by atoms with E-state index in [0.717, 1.165) is 53.8 Å². The molecule has 0 saturated heterocycles. The normalized spacial score (nSPS) is 16.8. The van der Waals surface area contributed by atoms with Gasteiger partial charge in [-0.3, -0.25) is 0 Å². The average molecular weight is 635 g/mol. The van der Waals surface area contributed by atoms with Gasteiger partial charge in [0, 0.05) is 26.0 Å². The van der Waals surface area contributed by atoms with Crippen LogP contribution in [0.2, 0.25) is 0 Å². The summed E-state index contributed by atoms with van der Waals surface area (Å²) < 4.78 is 17.9. The van der Waals surface area contributed by atoms with E-state index < -0.39 is 0 Å². The highest BCUT2D eigenvalue weighted by Crippen LogP contribution is 2.62. The van der Waals surface area contributed by atoms with Crippen LogP contribution in [0.1, 0.15) is 58.2 Å². The number of halogens is 3. The fourth-order valence-electron chi connectivity index (χ4n) is 6.03. The Morgan fingerprint density at radius 2 is 1.16 bits per heavy atom. The van der Waals surface area contributed by atoms with E-state index in [-0.39, 0.29) is 22.1 Å². The maximum Gasteiger partial charge on any atom is 0.127 e. The molecule has 1 aliphatic rings. The molecule has 38 heavy (non-hydrogen) atoms. The maximum atomic E-state index is 15.8. The van der Waals surface area contributed by atoms with Gasteiger partial charge >= 0.3 is 0 Å². The molecule has 1 nitrogen and oxygen atoms in total. The van der Waals surface area contributed by atoms with Gasteiger partial charge < -0.3 is 4.90 Å². The molecule has 4 heteroatoms. The van der Waals surface area contributed by atoms with Crippen LogP contribution in [0.4, 0.5) is 21.5 Å². The summed E-state index contributed by atoms with van der Waals surface area (Å²) in [5.74, 6) is -0.103. The Morgan fingerprint density at radius 1 is 0.632 bits per heavy atom. The Labute approximate surface area is 243 Å². The predicted octanol–water partition coefficient (Wildman–Crippen LogP) is 11.4. The number of benzene rings is 4. The third-order valence-electron chi connectivity index (χ3n) is 9.45. The number of hydrogen-bond donors (Lipinski definition) is 0. The highest BCUT2D eigenvalue weighted by atomic mass is 79.9. The zero-order chi connectivity index (χ0) is 27.6. The second-order valence-electron chi connectivity index (χ2n) is 12.0. The van der Waals surface area contributed by atoms with Gasteiger partial charge in [0.15, 0.2) is 0 Å². The fraction of sp³-hybridized carbons (Fsp3) is 0.294. The van der Waals surface area contributed by atoms with Gasteiger partial charge in [-0.15, -0.1) is 0 Å². The molecule has 0 bridgehead atoms. The van der Waals surface area contributed by atoms with Crippen molar-refractivity contribution in [2.45, 2.75) is 59.3 Å². The lowest BCUT2D eigenvalue weighted by Crippen LogP contribution is -2.42. The lowest BCUT2D eigenvalue weighted by Gasteiger charge is -2.44. The zero-order valence-electron chi connectivity index (χ0n) is 23.1. The first-order valence-corrected chi connectivity index (χ1v) is 14.6. The Hall–Kier alpha value is -2.43. The summed E-state index contributed by atoms with van der Waals surface area (Å²) >= 11 is 7.12. The molecule has 0 radical (unpaired) electrons. The summed E-state index contributed by atoms with van der Waals surface area (Å²) in [6, 6.07) is 27.1. The Morgan fingerprint density at radius 3 is 1.66 bits per heavy atom. The van der Waals surface area contributed by atoms with Gasteiger partial charge in [-0.1, -0.05) is 85.5 Å². The standard InChI is InChI=1S/C34H34Br2FN/c1-21-18-22(23-19-28-31(29(37)20-23)33(4,5)34(6,7)32(28,2)3)8-17-30(21)38(26-13-9-24(35)10-14-26)27-15-11-25(36)12-16-27/h8-20H,1-7H3. The maximum absolute atomic E-state index is 15.8. The minimum atomic E-state index is -0.260. The van der Waals surface area contributed by atoms with E-state index in [1.54, 1.807) is 6.07 Å². The quantitative estimate of drug-likeness (QED) is 0.216. The van der Waals surface area contributed by atoms with Crippen LogP contribution in [-0.4, -0.2) is 0 Å². The van der Waals surface area contributed by atoms with Gasteiger partial charge in [0.1, 0.15) is 5.82 Å². The second-order valence-corrected chi connectivity index (χ2v) is 13.9.